The van der Waals surface area contributed by atoms with Gasteiger partial charge in [-0.15, -0.1) is 0 Å². The predicted octanol–water partition coefficient (Wildman–Crippen LogP) is 10.7. The van der Waals surface area contributed by atoms with Gasteiger partial charge in [0.05, 0.1) is 19.6 Å². The standard InChI is InChI=1S/C40H78O7S.2Na.2H/c1-36(2)31-27-23-19-15-11-7-5-9-13-17-21-25-29-33-46-39(41)35-38(48(43,44)45)40(42)47-34-30-26-22-18-14-10-6-8-12-16-20-24-28-32-37(3)4;;;;/h36-38H,5-35H2,1-4H3,(H,43,44,45);;;;. The summed E-state index contributed by atoms with van der Waals surface area (Å²) >= 11 is 0. The first kappa shape index (κ1) is 55.2. The molecule has 0 aromatic heterocycles. The zero-order valence-electron chi connectivity index (χ0n) is 32.0. The molecule has 7 nitrogen and oxygen atoms in total. The van der Waals surface area contributed by atoms with Gasteiger partial charge in [0.25, 0.3) is 10.1 Å². The quantitative estimate of drug-likeness (QED) is 0.0294. The molecule has 0 aliphatic heterocycles. The van der Waals surface area contributed by atoms with Crippen LogP contribution in [0.15, 0.2) is 0 Å². The van der Waals surface area contributed by atoms with Gasteiger partial charge in [0.2, 0.25) is 0 Å². The van der Waals surface area contributed by atoms with Crippen LogP contribution in [0.2, 0.25) is 0 Å². The monoisotopic (exact) mass is 751 g/mol. The van der Waals surface area contributed by atoms with E-state index >= 15 is 0 Å². The molecule has 0 saturated carbocycles. The average molecular weight is 751 g/mol. The van der Waals surface area contributed by atoms with Crippen LogP contribution in [0.25, 0.3) is 0 Å². The van der Waals surface area contributed by atoms with E-state index in [4.69, 9.17) is 9.47 Å². The van der Waals surface area contributed by atoms with Gasteiger partial charge in [-0.2, -0.15) is 8.42 Å². The summed E-state index contributed by atoms with van der Waals surface area (Å²) in [5.74, 6) is -0.249. The Hall–Kier alpha value is 0.850. The topological polar surface area (TPSA) is 107 Å². The van der Waals surface area contributed by atoms with Crippen molar-refractivity contribution in [3.05, 3.63) is 0 Å². The van der Waals surface area contributed by atoms with Crippen molar-refractivity contribution in [2.24, 2.45) is 11.8 Å². The van der Waals surface area contributed by atoms with Crippen molar-refractivity contribution >= 4 is 81.2 Å². The molecule has 10 heteroatoms. The summed E-state index contributed by atoms with van der Waals surface area (Å²) in [6, 6.07) is 0. The van der Waals surface area contributed by atoms with Gasteiger partial charge in [0, 0.05) is 0 Å². The van der Waals surface area contributed by atoms with Gasteiger partial charge in [-0.05, 0) is 24.7 Å². The molecule has 290 valence electrons. The van der Waals surface area contributed by atoms with Crippen molar-refractivity contribution in [2.75, 3.05) is 13.2 Å². The van der Waals surface area contributed by atoms with E-state index in [1.165, 1.54) is 135 Å². The predicted molar refractivity (Wildman–Crippen MR) is 215 cm³/mol. The van der Waals surface area contributed by atoms with Gasteiger partial charge in [-0.3, -0.25) is 14.1 Å². The molecule has 0 aromatic carbocycles. The molecule has 0 radical (unpaired) electrons. The van der Waals surface area contributed by atoms with Crippen LogP contribution in [0, 0.1) is 11.8 Å². The van der Waals surface area contributed by atoms with Crippen LogP contribution in [0.1, 0.15) is 214 Å². The van der Waals surface area contributed by atoms with E-state index in [-0.39, 0.29) is 72.3 Å². The number of carbonyl (C=O) groups excluding carboxylic acids is 2. The summed E-state index contributed by atoms with van der Waals surface area (Å²) in [6.07, 6.45) is 33.4. The Morgan fingerprint density at radius 3 is 1.00 bits per heavy atom. The van der Waals surface area contributed by atoms with Crippen molar-refractivity contribution in [3.8, 4) is 0 Å². The summed E-state index contributed by atoms with van der Waals surface area (Å²) in [7, 11) is -4.77. The number of esters is 2. The Morgan fingerprint density at radius 2 is 0.720 bits per heavy atom. The van der Waals surface area contributed by atoms with Gasteiger partial charge in [0.15, 0.2) is 5.25 Å². The molecule has 0 spiro atoms. The van der Waals surface area contributed by atoms with Gasteiger partial charge < -0.3 is 9.47 Å². The molecule has 1 N–H and O–H groups in total. The fraction of sp³-hybridized carbons (Fsp3) is 0.950. The Bertz CT molecular complexity index is 853. The van der Waals surface area contributed by atoms with Crippen LogP contribution < -0.4 is 0 Å². The van der Waals surface area contributed by atoms with E-state index in [1.54, 1.807) is 0 Å². The molecule has 0 saturated heterocycles. The molecule has 0 bridgehead atoms. The van der Waals surface area contributed by atoms with E-state index in [9.17, 15) is 22.6 Å². The van der Waals surface area contributed by atoms with E-state index in [0.717, 1.165) is 43.9 Å². The van der Waals surface area contributed by atoms with Gasteiger partial charge in [0.1, 0.15) is 0 Å². The molecule has 0 rings (SSSR count). The fourth-order valence-corrected chi connectivity index (χ4v) is 6.83. The maximum absolute atomic E-state index is 12.4. The number of carbonyl (C=O) groups is 2. The first-order valence-electron chi connectivity index (χ1n) is 20.3. The van der Waals surface area contributed by atoms with Gasteiger partial charge in [-0.1, -0.05) is 195 Å². The second-order valence-electron chi connectivity index (χ2n) is 15.2. The zero-order valence-corrected chi connectivity index (χ0v) is 32.8. The molecule has 0 aliphatic rings. The number of unbranched alkanes of at least 4 members (excludes halogenated alkanes) is 24. The van der Waals surface area contributed by atoms with Crippen molar-refractivity contribution < 1.29 is 32.0 Å². The van der Waals surface area contributed by atoms with Crippen LogP contribution in [-0.2, 0) is 29.2 Å². The molecular weight excluding hydrogens is 670 g/mol. The van der Waals surface area contributed by atoms with Crippen molar-refractivity contribution in [2.45, 2.75) is 219 Å². The summed E-state index contributed by atoms with van der Waals surface area (Å²) in [5, 5.41) is -1.94. The van der Waals surface area contributed by atoms with Crippen LogP contribution in [-0.4, -0.2) is 102 Å². The third-order valence-electron chi connectivity index (χ3n) is 9.33. The number of hydrogen-bond donors (Lipinski definition) is 1. The normalized spacial score (nSPS) is 12.1. The van der Waals surface area contributed by atoms with Crippen molar-refractivity contribution in [3.63, 3.8) is 0 Å². The van der Waals surface area contributed by atoms with Crippen LogP contribution in [0.4, 0.5) is 0 Å². The third kappa shape index (κ3) is 40.0. The van der Waals surface area contributed by atoms with Crippen LogP contribution >= 0.6 is 0 Å². The third-order valence-corrected chi connectivity index (χ3v) is 10.4. The van der Waals surface area contributed by atoms with E-state index in [0.29, 0.717) is 12.8 Å². The van der Waals surface area contributed by atoms with Crippen molar-refractivity contribution in [1.82, 2.24) is 0 Å². The molecule has 0 aliphatic carbocycles. The Kier molecular flexibility index (Phi) is 43.6. The minimum absolute atomic E-state index is 0. The van der Waals surface area contributed by atoms with Gasteiger partial charge >= 0.3 is 71.1 Å². The number of hydrogen-bond acceptors (Lipinski definition) is 6. The molecule has 0 aromatic rings. The first-order chi connectivity index (χ1) is 23.0. The molecular formula is C40H80Na2O7S. The molecule has 50 heavy (non-hydrogen) atoms. The van der Waals surface area contributed by atoms with Crippen molar-refractivity contribution in [1.29, 1.82) is 0 Å². The molecule has 1 atom stereocenters. The van der Waals surface area contributed by atoms with E-state index in [2.05, 4.69) is 27.7 Å². The summed E-state index contributed by atoms with van der Waals surface area (Å²) in [4.78, 5) is 24.5. The summed E-state index contributed by atoms with van der Waals surface area (Å²) in [6.45, 7) is 9.44. The minimum atomic E-state index is -4.77. The SMILES string of the molecule is CC(C)CCCCCCCCCCCCCCCOC(=O)CC(C(=O)OCCCCCCCCCCCCCCCC(C)C)S(=O)(=O)O.[NaH].[NaH]. The number of ether oxygens (including phenoxy) is 2. The van der Waals surface area contributed by atoms with E-state index in [1.807, 2.05) is 0 Å². The Labute approximate surface area is 354 Å². The molecule has 0 fully saturated rings. The maximum atomic E-state index is 12.4. The number of rotatable bonds is 36. The summed E-state index contributed by atoms with van der Waals surface area (Å²) in [5.41, 5.74) is 0. The van der Waals surface area contributed by atoms with Crippen LogP contribution in [0.3, 0.4) is 0 Å². The first-order valence-corrected chi connectivity index (χ1v) is 21.8. The Morgan fingerprint density at radius 1 is 0.460 bits per heavy atom. The molecule has 0 heterocycles. The summed E-state index contributed by atoms with van der Waals surface area (Å²) < 4.78 is 43.3. The Balaban J connectivity index is -0.0000110. The fourth-order valence-electron chi connectivity index (χ4n) is 6.17. The van der Waals surface area contributed by atoms with Crippen LogP contribution in [0.5, 0.6) is 0 Å². The second-order valence-corrected chi connectivity index (χ2v) is 16.8. The second kappa shape index (κ2) is 39.5. The zero-order chi connectivity index (χ0) is 35.7. The molecule has 0 amide bonds. The van der Waals surface area contributed by atoms with E-state index < -0.39 is 33.7 Å². The van der Waals surface area contributed by atoms with Gasteiger partial charge in [-0.25, -0.2) is 0 Å². The molecule has 1 unspecified atom stereocenters. The average Bonchev–Trinajstić information content (AvgIpc) is 3.02.